The van der Waals surface area contributed by atoms with E-state index in [-0.39, 0.29) is 32.2 Å². The summed E-state index contributed by atoms with van der Waals surface area (Å²) >= 11 is 0. The number of carbonyl (C=O) groups is 1. The van der Waals surface area contributed by atoms with E-state index in [2.05, 4.69) is 38.2 Å². The second-order valence-electron chi connectivity index (χ2n) is 15.8. The third-order valence-corrected chi connectivity index (χ3v) is 10.2. The molecule has 0 heterocycles. The number of nitrogens with zero attached hydrogens (tertiary/aromatic N) is 1. The average Bonchev–Trinajstić information content (AvgIpc) is 3.11. The maximum absolute atomic E-state index is 12.7. The van der Waals surface area contributed by atoms with Crippen LogP contribution in [0.2, 0.25) is 0 Å². The summed E-state index contributed by atoms with van der Waals surface area (Å²) < 4.78 is 34.3. The SMILES string of the molecule is CCCCC/C=C\C/C=C\CCCCCCCCCC(=O)O[C@H](CO/C=C\CCCCCCCCCCCCCC)COP(=O)([O-])OCC[N+](C)(C)C. The first-order chi connectivity index (χ1) is 25.6. The van der Waals surface area contributed by atoms with Crippen LogP contribution in [0.3, 0.4) is 0 Å². The van der Waals surface area contributed by atoms with Gasteiger partial charge in [0.25, 0.3) is 7.82 Å². The molecule has 0 spiro atoms. The molecule has 1 unspecified atom stereocenters. The molecule has 53 heavy (non-hydrogen) atoms. The molecule has 0 aliphatic carbocycles. The van der Waals surface area contributed by atoms with Crippen molar-refractivity contribution in [3.05, 3.63) is 36.6 Å². The standard InChI is InChI=1S/C44H84NO7P/c1-6-8-10-12-14-16-18-20-22-23-24-25-27-29-31-33-35-37-44(46)52-43(42-51-53(47,48)50-40-38-45(3,4)5)41-49-39-36-34-32-30-28-26-21-19-17-15-13-11-9-7-2/h14,16,20,22,36,39,43H,6-13,15,17-19,21,23-35,37-38,40-42H2,1-5H3/b16-14-,22-20-,39-36-/t43-/m1/s1. The Morgan fingerprint density at radius 2 is 1.06 bits per heavy atom. The number of hydrogen-bond acceptors (Lipinski definition) is 7. The average molecular weight is 770 g/mol. The van der Waals surface area contributed by atoms with Crippen molar-refractivity contribution in [3.63, 3.8) is 0 Å². The minimum absolute atomic E-state index is 0.0151. The Labute approximate surface area is 327 Å². The van der Waals surface area contributed by atoms with E-state index in [0.717, 1.165) is 44.9 Å². The predicted octanol–water partition coefficient (Wildman–Crippen LogP) is 12.3. The summed E-state index contributed by atoms with van der Waals surface area (Å²) in [6.45, 7) is 4.71. The molecule has 0 aromatic rings. The maximum Gasteiger partial charge on any atom is 0.306 e. The topological polar surface area (TPSA) is 94.1 Å². The highest BCUT2D eigenvalue weighted by molar-refractivity contribution is 7.45. The number of hydrogen-bond donors (Lipinski definition) is 0. The van der Waals surface area contributed by atoms with Gasteiger partial charge in [-0.2, -0.15) is 0 Å². The van der Waals surface area contributed by atoms with E-state index < -0.39 is 13.9 Å². The lowest BCUT2D eigenvalue weighted by molar-refractivity contribution is -0.870. The van der Waals surface area contributed by atoms with Gasteiger partial charge in [-0.05, 0) is 57.4 Å². The molecule has 0 rings (SSSR count). The minimum Gasteiger partial charge on any atom is -0.756 e. The summed E-state index contributed by atoms with van der Waals surface area (Å²) in [6.07, 6.45) is 43.8. The highest BCUT2D eigenvalue weighted by Crippen LogP contribution is 2.38. The smallest absolute Gasteiger partial charge is 0.306 e. The molecular weight excluding hydrogens is 685 g/mol. The first-order valence-corrected chi connectivity index (χ1v) is 23.2. The number of phosphoric acid groups is 1. The van der Waals surface area contributed by atoms with Crippen molar-refractivity contribution in [2.45, 2.75) is 193 Å². The van der Waals surface area contributed by atoms with Crippen molar-refractivity contribution in [1.82, 2.24) is 0 Å². The van der Waals surface area contributed by atoms with Crippen LogP contribution in [0.4, 0.5) is 0 Å². The van der Waals surface area contributed by atoms with Crippen LogP contribution in [-0.4, -0.2) is 64.1 Å². The van der Waals surface area contributed by atoms with E-state index in [4.69, 9.17) is 18.5 Å². The fourth-order valence-electron chi connectivity index (χ4n) is 5.84. The van der Waals surface area contributed by atoms with Gasteiger partial charge < -0.3 is 27.9 Å². The number of unbranched alkanes of at least 4 members (excludes halogenated alkanes) is 22. The van der Waals surface area contributed by atoms with Gasteiger partial charge in [0.15, 0.2) is 6.10 Å². The van der Waals surface area contributed by atoms with E-state index in [1.54, 1.807) is 6.26 Å². The van der Waals surface area contributed by atoms with Gasteiger partial charge in [-0.15, -0.1) is 0 Å². The molecule has 0 N–H and O–H groups in total. The van der Waals surface area contributed by atoms with Gasteiger partial charge >= 0.3 is 5.97 Å². The fraction of sp³-hybridized carbons (Fsp3) is 0.841. The maximum atomic E-state index is 12.7. The van der Waals surface area contributed by atoms with Crippen LogP contribution in [0.1, 0.15) is 187 Å². The van der Waals surface area contributed by atoms with Crippen LogP contribution in [-0.2, 0) is 27.9 Å². The number of likely N-dealkylation sites (N-methyl/N-ethyl adjacent to an activating group) is 1. The Balaban J connectivity index is 4.30. The minimum atomic E-state index is -4.54. The molecular formula is C44H84NO7P. The van der Waals surface area contributed by atoms with Crippen molar-refractivity contribution in [2.75, 3.05) is 47.5 Å². The Kier molecular flexibility index (Phi) is 36.5. The molecule has 0 aliphatic heterocycles. The van der Waals surface area contributed by atoms with Gasteiger partial charge in [0.05, 0.1) is 34.0 Å². The highest BCUT2D eigenvalue weighted by Gasteiger charge is 2.20. The van der Waals surface area contributed by atoms with Gasteiger partial charge in [0.1, 0.15) is 19.8 Å². The predicted molar refractivity (Wildman–Crippen MR) is 222 cm³/mol. The van der Waals surface area contributed by atoms with Crippen LogP contribution >= 0.6 is 7.82 Å². The molecule has 8 nitrogen and oxygen atoms in total. The molecule has 0 saturated carbocycles. The number of quaternary nitrogens is 1. The van der Waals surface area contributed by atoms with E-state index in [1.807, 2.05) is 27.2 Å². The van der Waals surface area contributed by atoms with Crippen molar-refractivity contribution >= 4 is 13.8 Å². The van der Waals surface area contributed by atoms with Gasteiger partial charge in [-0.3, -0.25) is 9.36 Å². The first kappa shape index (κ1) is 51.6. The molecule has 0 amide bonds. The van der Waals surface area contributed by atoms with Gasteiger partial charge in [0, 0.05) is 6.42 Å². The van der Waals surface area contributed by atoms with Crippen LogP contribution in [0.5, 0.6) is 0 Å². The number of carbonyl (C=O) groups excluding carboxylic acids is 1. The lowest BCUT2D eigenvalue weighted by Gasteiger charge is -2.28. The van der Waals surface area contributed by atoms with Crippen molar-refractivity contribution in [1.29, 1.82) is 0 Å². The van der Waals surface area contributed by atoms with Crippen molar-refractivity contribution < 1.29 is 37.3 Å². The van der Waals surface area contributed by atoms with Crippen LogP contribution in [0.25, 0.3) is 0 Å². The molecule has 312 valence electrons. The van der Waals surface area contributed by atoms with Gasteiger partial charge in [-0.1, -0.05) is 154 Å². The molecule has 0 aliphatic rings. The normalized spacial score (nSPS) is 14.1. The molecule has 2 atom stereocenters. The number of ether oxygens (including phenoxy) is 2. The lowest BCUT2D eigenvalue weighted by Crippen LogP contribution is -2.37. The zero-order chi connectivity index (χ0) is 39.1. The second-order valence-corrected chi connectivity index (χ2v) is 17.2. The van der Waals surface area contributed by atoms with E-state index in [1.165, 1.54) is 122 Å². The Hall–Kier alpha value is -1.44. The third-order valence-electron chi connectivity index (χ3n) is 9.26. The number of rotatable bonds is 40. The molecule has 0 bridgehead atoms. The molecule has 0 aromatic carbocycles. The number of allylic oxidation sites excluding steroid dienone is 5. The first-order valence-electron chi connectivity index (χ1n) is 21.8. The largest absolute Gasteiger partial charge is 0.756 e. The summed E-state index contributed by atoms with van der Waals surface area (Å²) in [6, 6.07) is 0. The second kappa shape index (κ2) is 37.5. The van der Waals surface area contributed by atoms with Crippen LogP contribution in [0.15, 0.2) is 36.6 Å². The molecule has 9 heteroatoms. The van der Waals surface area contributed by atoms with Gasteiger partial charge in [-0.25, -0.2) is 0 Å². The summed E-state index contributed by atoms with van der Waals surface area (Å²) in [5.74, 6) is -0.364. The van der Waals surface area contributed by atoms with E-state index >= 15 is 0 Å². The fourth-order valence-corrected chi connectivity index (χ4v) is 6.56. The van der Waals surface area contributed by atoms with E-state index in [0.29, 0.717) is 11.0 Å². The summed E-state index contributed by atoms with van der Waals surface area (Å²) in [5.41, 5.74) is 0. The van der Waals surface area contributed by atoms with Crippen LogP contribution < -0.4 is 4.89 Å². The zero-order valence-electron chi connectivity index (χ0n) is 35.2. The number of esters is 1. The summed E-state index contributed by atoms with van der Waals surface area (Å²) in [4.78, 5) is 25.0. The Morgan fingerprint density at radius 3 is 1.58 bits per heavy atom. The quantitative estimate of drug-likeness (QED) is 0.0153. The molecule has 0 radical (unpaired) electrons. The van der Waals surface area contributed by atoms with Crippen molar-refractivity contribution in [2.24, 2.45) is 0 Å². The zero-order valence-corrected chi connectivity index (χ0v) is 36.1. The summed E-state index contributed by atoms with van der Waals surface area (Å²) in [5, 5.41) is 0. The third kappa shape index (κ3) is 41.6. The lowest BCUT2D eigenvalue weighted by atomic mass is 10.0. The van der Waals surface area contributed by atoms with Gasteiger partial charge in [0.2, 0.25) is 0 Å². The molecule has 0 aromatic heterocycles. The van der Waals surface area contributed by atoms with Crippen LogP contribution in [0, 0.1) is 0 Å². The highest BCUT2D eigenvalue weighted by atomic mass is 31.2. The van der Waals surface area contributed by atoms with E-state index in [9.17, 15) is 14.3 Å². The Morgan fingerprint density at radius 1 is 0.604 bits per heavy atom. The Bertz CT molecular complexity index is 947. The molecule has 0 saturated heterocycles. The summed E-state index contributed by atoms with van der Waals surface area (Å²) in [7, 11) is 1.32. The monoisotopic (exact) mass is 770 g/mol. The number of phosphoric ester groups is 1. The van der Waals surface area contributed by atoms with Crippen molar-refractivity contribution in [3.8, 4) is 0 Å². The molecule has 0 fully saturated rings.